The Labute approximate surface area is 97.0 Å². The summed E-state index contributed by atoms with van der Waals surface area (Å²) in [4.78, 5) is 0. The Morgan fingerprint density at radius 1 is 1.19 bits per heavy atom. The van der Waals surface area contributed by atoms with Crippen LogP contribution >= 0.6 is 0 Å². The van der Waals surface area contributed by atoms with Gasteiger partial charge >= 0.3 is 0 Å². The minimum atomic E-state index is -0.473. The van der Waals surface area contributed by atoms with Crippen molar-refractivity contribution >= 4 is 0 Å². The number of aliphatic hydroxyl groups excluding tert-OH is 1. The molecule has 0 fully saturated rings. The Balaban J connectivity index is 2.13. The SMILES string of the molecule is CC(C)OCCC(O)COc1ccccc1. The van der Waals surface area contributed by atoms with E-state index in [1.54, 1.807) is 0 Å². The molecule has 3 heteroatoms. The highest BCUT2D eigenvalue weighted by atomic mass is 16.5. The molecule has 0 aliphatic carbocycles. The summed E-state index contributed by atoms with van der Waals surface area (Å²) in [7, 11) is 0. The van der Waals surface area contributed by atoms with E-state index in [1.807, 2.05) is 44.2 Å². The summed E-state index contributed by atoms with van der Waals surface area (Å²) in [5.74, 6) is 0.784. The molecule has 0 amide bonds. The monoisotopic (exact) mass is 224 g/mol. The molecule has 0 heterocycles. The summed E-state index contributed by atoms with van der Waals surface area (Å²) >= 11 is 0. The lowest BCUT2D eigenvalue weighted by Crippen LogP contribution is -2.20. The van der Waals surface area contributed by atoms with Gasteiger partial charge in [0, 0.05) is 6.61 Å². The third-order valence-corrected chi connectivity index (χ3v) is 2.09. The minimum absolute atomic E-state index is 0.210. The van der Waals surface area contributed by atoms with Crippen molar-refractivity contribution < 1.29 is 14.6 Å². The molecule has 0 spiro atoms. The molecule has 0 saturated carbocycles. The Bertz CT molecular complexity index is 272. The van der Waals surface area contributed by atoms with E-state index < -0.39 is 6.10 Å². The van der Waals surface area contributed by atoms with Crippen LogP contribution in [0.4, 0.5) is 0 Å². The first-order valence-electron chi connectivity index (χ1n) is 5.66. The highest BCUT2D eigenvalue weighted by Gasteiger charge is 2.05. The second kappa shape index (κ2) is 7.25. The Morgan fingerprint density at radius 3 is 2.50 bits per heavy atom. The van der Waals surface area contributed by atoms with Crippen molar-refractivity contribution in [3.8, 4) is 5.75 Å². The van der Waals surface area contributed by atoms with Crippen molar-refractivity contribution in [2.45, 2.75) is 32.5 Å². The van der Waals surface area contributed by atoms with Crippen molar-refractivity contribution in [3.05, 3.63) is 30.3 Å². The molecule has 1 aromatic carbocycles. The van der Waals surface area contributed by atoms with Crippen LogP contribution < -0.4 is 4.74 Å². The lowest BCUT2D eigenvalue weighted by atomic mass is 10.3. The van der Waals surface area contributed by atoms with Gasteiger partial charge in [-0.25, -0.2) is 0 Å². The second-order valence-electron chi connectivity index (χ2n) is 3.99. The van der Waals surface area contributed by atoms with E-state index in [-0.39, 0.29) is 6.10 Å². The topological polar surface area (TPSA) is 38.7 Å². The van der Waals surface area contributed by atoms with E-state index >= 15 is 0 Å². The second-order valence-corrected chi connectivity index (χ2v) is 3.99. The first kappa shape index (κ1) is 13.0. The molecule has 0 aromatic heterocycles. The van der Waals surface area contributed by atoms with Crippen LogP contribution in [0.25, 0.3) is 0 Å². The van der Waals surface area contributed by atoms with Crippen LogP contribution in [-0.2, 0) is 4.74 Å². The first-order valence-corrected chi connectivity index (χ1v) is 5.66. The van der Waals surface area contributed by atoms with Crippen LogP contribution in [0.15, 0.2) is 30.3 Å². The molecule has 1 unspecified atom stereocenters. The molecule has 0 saturated heterocycles. The average molecular weight is 224 g/mol. The zero-order chi connectivity index (χ0) is 11.8. The Morgan fingerprint density at radius 2 is 1.88 bits per heavy atom. The molecule has 0 bridgehead atoms. The molecule has 16 heavy (non-hydrogen) atoms. The van der Waals surface area contributed by atoms with E-state index in [4.69, 9.17) is 9.47 Å². The van der Waals surface area contributed by atoms with Gasteiger partial charge in [-0.2, -0.15) is 0 Å². The van der Waals surface area contributed by atoms with Gasteiger partial charge in [-0.15, -0.1) is 0 Å². The van der Waals surface area contributed by atoms with Crippen molar-refractivity contribution in [3.63, 3.8) is 0 Å². The number of hydrogen-bond donors (Lipinski definition) is 1. The van der Waals surface area contributed by atoms with Crippen molar-refractivity contribution in [2.75, 3.05) is 13.2 Å². The van der Waals surface area contributed by atoms with Gasteiger partial charge in [0.15, 0.2) is 0 Å². The molecule has 1 rings (SSSR count). The predicted molar refractivity (Wildman–Crippen MR) is 63.6 cm³/mol. The normalized spacial score (nSPS) is 12.8. The van der Waals surface area contributed by atoms with E-state index in [9.17, 15) is 5.11 Å². The summed E-state index contributed by atoms with van der Waals surface area (Å²) in [5.41, 5.74) is 0. The zero-order valence-corrected chi connectivity index (χ0v) is 9.93. The van der Waals surface area contributed by atoms with Gasteiger partial charge in [-0.1, -0.05) is 18.2 Å². The summed E-state index contributed by atoms with van der Waals surface area (Å²) in [5, 5.41) is 9.62. The third kappa shape index (κ3) is 5.73. The van der Waals surface area contributed by atoms with E-state index in [1.165, 1.54) is 0 Å². The highest BCUT2D eigenvalue weighted by molar-refractivity contribution is 5.20. The number of hydrogen-bond acceptors (Lipinski definition) is 3. The minimum Gasteiger partial charge on any atom is -0.491 e. The van der Waals surface area contributed by atoms with Crippen LogP contribution in [0.5, 0.6) is 5.75 Å². The Hall–Kier alpha value is -1.06. The predicted octanol–water partition coefficient (Wildman–Crippen LogP) is 2.24. The summed E-state index contributed by atoms with van der Waals surface area (Å²) < 4.78 is 10.8. The molecule has 0 aliphatic heterocycles. The largest absolute Gasteiger partial charge is 0.491 e. The number of aliphatic hydroxyl groups is 1. The van der Waals surface area contributed by atoms with Crippen LogP contribution in [0.1, 0.15) is 20.3 Å². The molecule has 3 nitrogen and oxygen atoms in total. The van der Waals surface area contributed by atoms with Gasteiger partial charge in [0.05, 0.1) is 12.2 Å². The van der Waals surface area contributed by atoms with Crippen LogP contribution in [0, 0.1) is 0 Å². The third-order valence-electron chi connectivity index (χ3n) is 2.09. The van der Waals surface area contributed by atoms with Gasteiger partial charge in [0.1, 0.15) is 12.4 Å². The molecule has 0 aliphatic rings. The maximum absolute atomic E-state index is 9.62. The summed E-state index contributed by atoms with van der Waals surface area (Å²) in [6.07, 6.45) is 0.339. The fraction of sp³-hybridized carbons (Fsp3) is 0.538. The highest BCUT2D eigenvalue weighted by Crippen LogP contribution is 2.09. The van der Waals surface area contributed by atoms with Crippen LogP contribution in [-0.4, -0.2) is 30.5 Å². The smallest absolute Gasteiger partial charge is 0.119 e. The van der Waals surface area contributed by atoms with E-state index in [0.717, 1.165) is 5.75 Å². The quantitative estimate of drug-likeness (QED) is 0.772. The number of rotatable bonds is 7. The van der Waals surface area contributed by atoms with Gasteiger partial charge in [0.2, 0.25) is 0 Å². The van der Waals surface area contributed by atoms with Crippen LogP contribution in [0.2, 0.25) is 0 Å². The van der Waals surface area contributed by atoms with Crippen molar-refractivity contribution in [2.24, 2.45) is 0 Å². The molecular formula is C13H20O3. The number of benzene rings is 1. The number of ether oxygens (including phenoxy) is 2. The molecular weight excluding hydrogens is 204 g/mol. The van der Waals surface area contributed by atoms with Crippen molar-refractivity contribution in [1.82, 2.24) is 0 Å². The van der Waals surface area contributed by atoms with Gasteiger partial charge in [0.25, 0.3) is 0 Å². The summed E-state index contributed by atoms with van der Waals surface area (Å²) in [6, 6.07) is 9.49. The molecule has 0 radical (unpaired) electrons. The van der Waals surface area contributed by atoms with Crippen LogP contribution in [0.3, 0.4) is 0 Å². The molecule has 1 atom stereocenters. The molecule has 90 valence electrons. The number of para-hydroxylation sites is 1. The van der Waals surface area contributed by atoms with E-state index in [0.29, 0.717) is 19.6 Å². The van der Waals surface area contributed by atoms with Crippen molar-refractivity contribution in [1.29, 1.82) is 0 Å². The van der Waals surface area contributed by atoms with Gasteiger partial charge < -0.3 is 14.6 Å². The standard InChI is InChI=1S/C13H20O3/c1-11(2)15-9-8-12(14)10-16-13-6-4-3-5-7-13/h3-7,11-12,14H,8-10H2,1-2H3. The molecule has 1 N–H and O–H groups in total. The Kier molecular flexibility index (Phi) is 5.90. The van der Waals surface area contributed by atoms with Gasteiger partial charge in [-0.3, -0.25) is 0 Å². The molecule has 1 aromatic rings. The zero-order valence-electron chi connectivity index (χ0n) is 9.93. The van der Waals surface area contributed by atoms with Gasteiger partial charge in [-0.05, 0) is 32.4 Å². The lowest BCUT2D eigenvalue weighted by Gasteiger charge is -2.13. The van der Waals surface area contributed by atoms with E-state index in [2.05, 4.69) is 0 Å². The average Bonchev–Trinajstić information content (AvgIpc) is 2.27. The maximum atomic E-state index is 9.62. The summed E-state index contributed by atoms with van der Waals surface area (Å²) in [6.45, 7) is 4.84. The fourth-order valence-electron chi connectivity index (χ4n) is 1.23. The maximum Gasteiger partial charge on any atom is 0.119 e. The fourth-order valence-corrected chi connectivity index (χ4v) is 1.23. The first-order chi connectivity index (χ1) is 7.68. The lowest BCUT2D eigenvalue weighted by molar-refractivity contribution is 0.0315.